The fourth-order valence-corrected chi connectivity index (χ4v) is 1.06. The van der Waals surface area contributed by atoms with Gasteiger partial charge in [0.05, 0.1) is 6.54 Å². The topological polar surface area (TPSA) is 44.8 Å². The van der Waals surface area contributed by atoms with E-state index in [1.165, 1.54) is 19.5 Å². The molecule has 0 saturated carbocycles. The highest BCUT2D eigenvalue weighted by molar-refractivity contribution is 4.82. The Kier molecular flexibility index (Phi) is 1.39. The maximum atomic E-state index is 4.03. The van der Waals surface area contributed by atoms with Gasteiger partial charge in [0.2, 0.25) is 0 Å². The van der Waals surface area contributed by atoms with E-state index in [9.17, 15) is 0 Å². The number of H-pyrrole nitrogens is 1. The molecule has 1 aliphatic heterocycles. The van der Waals surface area contributed by atoms with Crippen LogP contribution in [-0.4, -0.2) is 33.2 Å². The van der Waals surface area contributed by atoms with E-state index in [-0.39, 0.29) is 0 Å². The van der Waals surface area contributed by atoms with Crippen molar-refractivity contribution in [1.29, 1.82) is 0 Å². The van der Waals surface area contributed by atoms with E-state index < -0.39 is 0 Å². The lowest BCUT2D eigenvalue weighted by molar-refractivity contribution is 0.168. The Hall–Kier alpha value is -0.900. The van der Waals surface area contributed by atoms with Crippen LogP contribution in [0.4, 0.5) is 0 Å². The lowest BCUT2D eigenvalue weighted by Gasteiger charge is -2.29. The van der Waals surface area contributed by atoms with Gasteiger partial charge >= 0.3 is 0 Å². The van der Waals surface area contributed by atoms with E-state index in [0.717, 1.165) is 12.4 Å². The average Bonchev–Trinajstić information content (AvgIpc) is 2.29. The molecule has 0 bridgehead atoms. The zero-order valence-corrected chi connectivity index (χ0v) is 5.75. The van der Waals surface area contributed by atoms with Crippen LogP contribution in [0.15, 0.2) is 6.33 Å². The summed E-state index contributed by atoms with van der Waals surface area (Å²) < 4.78 is 0. The van der Waals surface area contributed by atoms with Gasteiger partial charge in [-0.3, -0.25) is 10.00 Å². The van der Waals surface area contributed by atoms with Gasteiger partial charge in [-0.05, 0) is 19.5 Å². The Morgan fingerprint density at radius 2 is 2.50 bits per heavy atom. The van der Waals surface area contributed by atoms with E-state index in [2.05, 4.69) is 20.1 Å². The molecule has 0 aromatic carbocycles. The predicted octanol–water partition coefficient (Wildman–Crippen LogP) is 0.0104. The van der Waals surface area contributed by atoms with Gasteiger partial charge in [-0.25, -0.2) is 4.98 Å². The van der Waals surface area contributed by atoms with Crippen molar-refractivity contribution in [3.63, 3.8) is 0 Å². The highest BCUT2D eigenvalue weighted by Gasteiger charge is 2.14. The number of likely N-dealkylation sites (tertiary alicyclic amines) is 1. The molecular weight excluding hydrogens is 128 g/mol. The van der Waals surface area contributed by atoms with Gasteiger partial charge in [-0.15, -0.1) is 0 Å². The molecule has 1 N–H and O–H groups in total. The number of nitrogens with zero attached hydrogens (tertiary/aromatic N) is 3. The molecule has 0 amide bonds. The van der Waals surface area contributed by atoms with Gasteiger partial charge in [0.15, 0.2) is 0 Å². The lowest BCUT2D eigenvalue weighted by atomic mass is 10.2. The minimum Gasteiger partial charge on any atom is -0.296 e. The summed E-state index contributed by atoms with van der Waals surface area (Å²) in [4.78, 5) is 6.36. The van der Waals surface area contributed by atoms with Crippen molar-refractivity contribution in [2.75, 3.05) is 13.1 Å². The summed E-state index contributed by atoms with van der Waals surface area (Å²) in [6, 6.07) is 0. The quantitative estimate of drug-likeness (QED) is 0.626. The summed E-state index contributed by atoms with van der Waals surface area (Å²) >= 11 is 0. The molecule has 1 aromatic heterocycles. The molecule has 2 heterocycles. The summed E-state index contributed by atoms with van der Waals surface area (Å²) in [6.07, 6.45) is 2.88. The van der Waals surface area contributed by atoms with E-state index in [1.54, 1.807) is 6.33 Å². The van der Waals surface area contributed by atoms with Gasteiger partial charge in [-0.1, -0.05) is 0 Å². The number of hydrogen-bond acceptors (Lipinski definition) is 3. The van der Waals surface area contributed by atoms with Crippen LogP contribution in [0.3, 0.4) is 0 Å². The first-order valence-electron chi connectivity index (χ1n) is 3.52. The summed E-state index contributed by atoms with van der Waals surface area (Å²) in [5, 5.41) is 6.60. The maximum absolute atomic E-state index is 4.03. The number of hydrogen-bond donors (Lipinski definition) is 1. The van der Waals surface area contributed by atoms with Crippen molar-refractivity contribution < 1.29 is 0 Å². The lowest BCUT2D eigenvalue weighted by Crippen LogP contribution is -2.36. The van der Waals surface area contributed by atoms with Crippen LogP contribution in [0.2, 0.25) is 0 Å². The second kappa shape index (κ2) is 2.38. The van der Waals surface area contributed by atoms with Crippen LogP contribution in [0.1, 0.15) is 12.2 Å². The molecule has 10 heavy (non-hydrogen) atoms. The molecular formula is C6H10N4. The van der Waals surface area contributed by atoms with Gasteiger partial charge < -0.3 is 0 Å². The van der Waals surface area contributed by atoms with Crippen molar-refractivity contribution in [1.82, 2.24) is 20.1 Å². The monoisotopic (exact) mass is 138 g/mol. The van der Waals surface area contributed by atoms with Crippen LogP contribution in [0.25, 0.3) is 0 Å². The molecule has 0 aliphatic carbocycles. The summed E-state index contributed by atoms with van der Waals surface area (Å²) in [5.74, 6) is 0.972. The van der Waals surface area contributed by atoms with E-state index >= 15 is 0 Å². The molecule has 54 valence electrons. The number of aromatic amines is 1. The van der Waals surface area contributed by atoms with Crippen LogP contribution < -0.4 is 0 Å². The minimum atomic E-state index is 0.931. The van der Waals surface area contributed by atoms with Gasteiger partial charge in [0, 0.05) is 0 Å². The smallest absolute Gasteiger partial charge is 0.138 e. The van der Waals surface area contributed by atoms with Crippen molar-refractivity contribution >= 4 is 0 Å². The standard InChI is InChI=1S/C6H10N4/c1-2-10(3-1)4-6-7-5-8-9-6/h5H,1-4H2,(H,7,8,9). The Morgan fingerprint density at radius 3 is 3.00 bits per heavy atom. The normalized spacial score (nSPS) is 18.8. The zero-order valence-electron chi connectivity index (χ0n) is 5.75. The summed E-state index contributed by atoms with van der Waals surface area (Å²) in [6.45, 7) is 3.35. The van der Waals surface area contributed by atoms with Crippen molar-refractivity contribution in [2.24, 2.45) is 0 Å². The predicted molar refractivity (Wildman–Crippen MR) is 36.3 cm³/mol. The molecule has 2 rings (SSSR count). The van der Waals surface area contributed by atoms with Crippen LogP contribution in [-0.2, 0) is 6.54 Å². The third-order valence-corrected chi connectivity index (χ3v) is 1.79. The largest absolute Gasteiger partial charge is 0.296 e. The Bertz CT molecular complexity index is 190. The summed E-state index contributed by atoms with van der Waals surface area (Å²) in [7, 11) is 0. The van der Waals surface area contributed by atoms with Crippen molar-refractivity contribution in [2.45, 2.75) is 13.0 Å². The third-order valence-electron chi connectivity index (χ3n) is 1.79. The molecule has 0 unspecified atom stereocenters. The van der Waals surface area contributed by atoms with Gasteiger partial charge in [0.1, 0.15) is 12.2 Å². The molecule has 1 saturated heterocycles. The third kappa shape index (κ3) is 1.02. The SMILES string of the molecule is c1n[nH]c(CN2CCC2)n1. The molecule has 4 nitrogen and oxygen atoms in total. The van der Waals surface area contributed by atoms with E-state index in [4.69, 9.17) is 0 Å². The molecule has 0 atom stereocenters. The number of rotatable bonds is 2. The maximum Gasteiger partial charge on any atom is 0.138 e. The molecule has 1 fully saturated rings. The second-order valence-electron chi connectivity index (χ2n) is 2.56. The number of nitrogens with one attached hydrogen (secondary N) is 1. The minimum absolute atomic E-state index is 0.931. The van der Waals surface area contributed by atoms with Crippen LogP contribution in [0, 0.1) is 0 Å². The van der Waals surface area contributed by atoms with Crippen molar-refractivity contribution in [3.8, 4) is 0 Å². The van der Waals surface area contributed by atoms with Gasteiger partial charge in [0.25, 0.3) is 0 Å². The fraction of sp³-hybridized carbons (Fsp3) is 0.667. The zero-order chi connectivity index (χ0) is 6.81. The van der Waals surface area contributed by atoms with Crippen LogP contribution >= 0.6 is 0 Å². The molecule has 1 aliphatic rings. The highest BCUT2D eigenvalue weighted by atomic mass is 15.2. The first kappa shape index (κ1) is 5.85. The van der Waals surface area contributed by atoms with E-state index in [0.29, 0.717) is 0 Å². The molecule has 0 radical (unpaired) electrons. The Labute approximate surface area is 59.3 Å². The first-order valence-corrected chi connectivity index (χ1v) is 3.52. The molecule has 1 aromatic rings. The first-order chi connectivity index (χ1) is 4.95. The average molecular weight is 138 g/mol. The summed E-state index contributed by atoms with van der Waals surface area (Å²) in [5.41, 5.74) is 0. The fourth-order valence-electron chi connectivity index (χ4n) is 1.06. The Morgan fingerprint density at radius 1 is 1.60 bits per heavy atom. The molecule has 0 spiro atoms. The second-order valence-corrected chi connectivity index (χ2v) is 2.56. The van der Waals surface area contributed by atoms with Gasteiger partial charge in [-0.2, -0.15) is 5.10 Å². The van der Waals surface area contributed by atoms with Crippen LogP contribution in [0.5, 0.6) is 0 Å². The highest BCUT2D eigenvalue weighted by Crippen LogP contribution is 2.07. The molecule has 4 heteroatoms. The van der Waals surface area contributed by atoms with E-state index in [1.807, 2.05) is 0 Å². The number of aromatic nitrogens is 3. The Balaban J connectivity index is 1.90. The van der Waals surface area contributed by atoms with Crippen molar-refractivity contribution in [3.05, 3.63) is 12.2 Å².